The number of carbonyl (C=O) groups is 2. The van der Waals surface area contributed by atoms with E-state index in [0.717, 1.165) is 0 Å². The van der Waals surface area contributed by atoms with Crippen LogP contribution in [0.1, 0.15) is 17.2 Å². The molecule has 6 nitrogen and oxygen atoms in total. The Labute approximate surface area is 184 Å². The first-order valence-electron chi connectivity index (χ1n) is 9.80. The predicted octanol–water partition coefficient (Wildman–Crippen LogP) is 4.47. The summed E-state index contributed by atoms with van der Waals surface area (Å²) in [6, 6.07) is 17.8. The zero-order valence-corrected chi connectivity index (χ0v) is 17.4. The van der Waals surface area contributed by atoms with Crippen molar-refractivity contribution < 1.29 is 28.6 Å². The van der Waals surface area contributed by atoms with Crippen LogP contribution in [0.15, 0.2) is 78.4 Å². The Morgan fingerprint density at radius 1 is 0.938 bits per heavy atom. The smallest absolute Gasteiger partial charge is 0.300 e. The summed E-state index contributed by atoms with van der Waals surface area (Å²) in [5.41, 5.74) is 0.900. The molecule has 1 atom stereocenters. The predicted molar refractivity (Wildman–Crippen MR) is 117 cm³/mol. The first-order valence-corrected chi connectivity index (χ1v) is 9.80. The summed E-state index contributed by atoms with van der Waals surface area (Å²) in [5, 5.41) is 11.2. The third-order valence-corrected chi connectivity index (χ3v) is 5.32. The highest BCUT2D eigenvalue weighted by atomic mass is 19.1. The highest BCUT2D eigenvalue weighted by Gasteiger charge is 2.47. The highest BCUT2D eigenvalue weighted by Crippen LogP contribution is 2.43. The summed E-state index contributed by atoms with van der Waals surface area (Å²) >= 11 is 0. The van der Waals surface area contributed by atoms with Crippen LogP contribution in [0.5, 0.6) is 11.5 Å². The zero-order chi connectivity index (χ0) is 22.8. The van der Waals surface area contributed by atoms with Crippen molar-refractivity contribution in [1.29, 1.82) is 0 Å². The van der Waals surface area contributed by atoms with Crippen LogP contribution in [0.25, 0.3) is 5.76 Å². The lowest BCUT2D eigenvalue weighted by Crippen LogP contribution is -2.29. The van der Waals surface area contributed by atoms with Gasteiger partial charge in [0.25, 0.3) is 11.7 Å². The van der Waals surface area contributed by atoms with Crippen LogP contribution in [0.2, 0.25) is 0 Å². The van der Waals surface area contributed by atoms with Gasteiger partial charge in [-0.3, -0.25) is 14.5 Å². The number of hydrogen-bond acceptors (Lipinski definition) is 5. The maximum absolute atomic E-state index is 14.0. The van der Waals surface area contributed by atoms with E-state index in [-0.39, 0.29) is 22.6 Å². The number of rotatable bonds is 5. The molecule has 0 aromatic heterocycles. The minimum absolute atomic E-state index is 0.117. The zero-order valence-electron chi connectivity index (χ0n) is 17.4. The standard InChI is InChI=1S/C25H20FNO5/c1-31-18-12-10-15(11-13-18)22-21(23(28)19-8-3-4-9-20(19)32-2)24(29)25(30)27(22)17-7-5-6-16(26)14-17/h3-14,22,28H,1-2H3/b23-21+. The number of anilines is 1. The molecule has 0 spiro atoms. The van der Waals surface area contributed by atoms with Crippen molar-refractivity contribution >= 4 is 23.1 Å². The van der Waals surface area contributed by atoms with E-state index in [4.69, 9.17) is 9.47 Å². The van der Waals surface area contributed by atoms with Gasteiger partial charge >= 0.3 is 0 Å². The molecule has 4 rings (SSSR count). The van der Waals surface area contributed by atoms with Crippen molar-refractivity contribution in [1.82, 2.24) is 0 Å². The van der Waals surface area contributed by atoms with Crippen molar-refractivity contribution in [3.8, 4) is 11.5 Å². The second kappa shape index (κ2) is 8.55. The van der Waals surface area contributed by atoms with Crippen molar-refractivity contribution in [2.24, 2.45) is 0 Å². The third-order valence-electron chi connectivity index (χ3n) is 5.32. The van der Waals surface area contributed by atoms with E-state index in [9.17, 15) is 19.1 Å². The number of methoxy groups -OCH3 is 2. The molecule has 162 valence electrons. The number of carbonyl (C=O) groups excluding carboxylic acids is 2. The topological polar surface area (TPSA) is 76.1 Å². The molecule has 1 N–H and O–H groups in total. The fourth-order valence-corrected chi connectivity index (χ4v) is 3.81. The van der Waals surface area contributed by atoms with Gasteiger partial charge in [-0.2, -0.15) is 0 Å². The van der Waals surface area contributed by atoms with Gasteiger partial charge in [0.05, 0.1) is 31.4 Å². The number of amides is 1. The molecule has 1 aliphatic rings. The van der Waals surface area contributed by atoms with Crippen LogP contribution < -0.4 is 14.4 Å². The number of halogens is 1. The highest BCUT2D eigenvalue weighted by molar-refractivity contribution is 6.51. The molecule has 7 heteroatoms. The van der Waals surface area contributed by atoms with Gasteiger partial charge < -0.3 is 14.6 Å². The van der Waals surface area contributed by atoms with E-state index in [1.807, 2.05) is 0 Å². The SMILES string of the molecule is COc1ccc(C2/C(=C(\O)c3ccccc3OC)C(=O)C(=O)N2c2cccc(F)c2)cc1. The largest absolute Gasteiger partial charge is 0.507 e. The van der Waals surface area contributed by atoms with E-state index in [0.29, 0.717) is 17.1 Å². The number of ether oxygens (including phenoxy) is 2. The average Bonchev–Trinajstić information content (AvgIpc) is 3.09. The Morgan fingerprint density at radius 3 is 2.31 bits per heavy atom. The van der Waals surface area contributed by atoms with E-state index < -0.39 is 23.5 Å². The Balaban J connectivity index is 1.96. The molecule has 0 aliphatic carbocycles. The molecule has 1 saturated heterocycles. The molecule has 1 amide bonds. The second-order valence-corrected chi connectivity index (χ2v) is 7.12. The van der Waals surface area contributed by atoms with Gasteiger partial charge in [0.1, 0.15) is 23.1 Å². The molecule has 32 heavy (non-hydrogen) atoms. The summed E-state index contributed by atoms with van der Waals surface area (Å²) in [4.78, 5) is 27.4. The first-order chi connectivity index (χ1) is 15.5. The van der Waals surface area contributed by atoms with Gasteiger partial charge in [-0.05, 0) is 48.0 Å². The summed E-state index contributed by atoms with van der Waals surface area (Å²) in [6.07, 6.45) is 0. The lowest BCUT2D eigenvalue weighted by atomic mass is 9.94. The Morgan fingerprint density at radius 2 is 1.66 bits per heavy atom. The number of aliphatic hydroxyl groups is 1. The van der Waals surface area contributed by atoms with Crippen molar-refractivity contribution in [2.45, 2.75) is 6.04 Å². The monoisotopic (exact) mass is 433 g/mol. The molecule has 1 heterocycles. The van der Waals surface area contributed by atoms with Crippen LogP contribution in [-0.2, 0) is 9.59 Å². The Kier molecular flexibility index (Phi) is 5.64. The molecule has 1 fully saturated rings. The van der Waals surface area contributed by atoms with Gasteiger partial charge in [0.15, 0.2) is 0 Å². The van der Waals surface area contributed by atoms with Crippen molar-refractivity contribution in [2.75, 3.05) is 19.1 Å². The van der Waals surface area contributed by atoms with E-state index in [1.165, 1.54) is 43.4 Å². The third kappa shape index (κ3) is 3.58. The van der Waals surface area contributed by atoms with Crippen molar-refractivity contribution in [3.63, 3.8) is 0 Å². The lowest BCUT2D eigenvalue weighted by Gasteiger charge is -2.25. The Bertz CT molecular complexity index is 1220. The van der Waals surface area contributed by atoms with Crippen LogP contribution in [0, 0.1) is 5.82 Å². The summed E-state index contributed by atoms with van der Waals surface area (Å²) in [5.74, 6) is -1.74. The minimum atomic E-state index is -0.979. The van der Waals surface area contributed by atoms with Crippen LogP contribution in [-0.4, -0.2) is 31.0 Å². The number of para-hydroxylation sites is 1. The first kappa shape index (κ1) is 21.1. The maximum Gasteiger partial charge on any atom is 0.300 e. The molecule has 3 aromatic rings. The molecular weight excluding hydrogens is 413 g/mol. The van der Waals surface area contributed by atoms with E-state index >= 15 is 0 Å². The van der Waals surface area contributed by atoms with Gasteiger partial charge in [-0.15, -0.1) is 0 Å². The summed E-state index contributed by atoms with van der Waals surface area (Å²) in [6.45, 7) is 0. The van der Waals surface area contributed by atoms with Gasteiger partial charge in [-0.25, -0.2) is 4.39 Å². The summed E-state index contributed by atoms with van der Waals surface area (Å²) in [7, 11) is 2.97. The molecule has 1 unspecified atom stereocenters. The van der Waals surface area contributed by atoms with Gasteiger partial charge in [0, 0.05) is 5.69 Å². The number of aliphatic hydroxyl groups excluding tert-OH is 1. The average molecular weight is 433 g/mol. The maximum atomic E-state index is 14.0. The molecule has 0 radical (unpaired) electrons. The fraction of sp³-hybridized carbons (Fsp3) is 0.120. The van der Waals surface area contributed by atoms with Crippen LogP contribution in [0.4, 0.5) is 10.1 Å². The van der Waals surface area contributed by atoms with Crippen LogP contribution in [0.3, 0.4) is 0 Å². The fourth-order valence-electron chi connectivity index (χ4n) is 3.81. The number of hydrogen-bond donors (Lipinski definition) is 1. The minimum Gasteiger partial charge on any atom is -0.507 e. The van der Waals surface area contributed by atoms with Crippen LogP contribution >= 0.6 is 0 Å². The molecule has 0 bridgehead atoms. The normalized spacial score (nSPS) is 17.5. The molecule has 1 aliphatic heterocycles. The van der Waals surface area contributed by atoms with E-state index in [2.05, 4.69) is 0 Å². The van der Waals surface area contributed by atoms with Crippen molar-refractivity contribution in [3.05, 3.63) is 95.3 Å². The van der Waals surface area contributed by atoms with Gasteiger partial charge in [0.2, 0.25) is 0 Å². The quantitative estimate of drug-likeness (QED) is 0.365. The van der Waals surface area contributed by atoms with Gasteiger partial charge in [-0.1, -0.05) is 30.3 Å². The summed E-state index contributed by atoms with van der Waals surface area (Å²) < 4.78 is 24.5. The number of benzene rings is 3. The molecular formula is C25H20FNO5. The number of Topliss-reactive ketones (excluding diaryl/α,β-unsaturated/α-hetero) is 1. The Hall–Kier alpha value is -4.13. The lowest BCUT2D eigenvalue weighted by molar-refractivity contribution is -0.132. The second-order valence-electron chi connectivity index (χ2n) is 7.12. The molecule has 3 aromatic carbocycles. The number of nitrogens with zero attached hydrogens (tertiary/aromatic N) is 1. The number of ketones is 1. The van der Waals surface area contributed by atoms with E-state index in [1.54, 1.807) is 48.5 Å². The molecule has 0 saturated carbocycles.